The van der Waals surface area contributed by atoms with Crippen LogP contribution in [0.25, 0.3) is 0 Å². The van der Waals surface area contributed by atoms with E-state index < -0.39 is 0 Å². The molecule has 0 bridgehead atoms. The van der Waals surface area contributed by atoms with Gasteiger partial charge in [0, 0.05) is 6.08 Å². The lowest BCUT2D eigenvalue weighted by Crippen LogP contribution is -2.03. The van der Waals surface area contributed by atoms with Gasteiger partial charge in [-0.2, -0.15) is 0 Å². The predicted octanol–water partition coefficient (Wildman–Crippen LogP) is 10.4. The maximum atomic E-state index is 11.7. The van der Waals surface area contributed by atoms with E-state index >= 15 is 0 Å². The van der Waals surface area contributed by atoms with Crippen molar-refractivity contribution in [2.45, 2.75) is 142 Å². The first-order valence-electron chi connectivity index (χ1n) is 14.3. The second kappa shape index (κ2) is 23.6. The van der Waals surface area contributed by atoms with Crippen LogP contribution in [0.2, 0.25) is 0 Å². The van der Waals surface area contributed by atoms with Crippen molar-refractivity contribution >= 4 is 5.97 Å². The van der Waals surface area contributed by atoms with Crippen LogP contribution in [0.15, 0.2) is 42.5 Å². The molecule has 1 aromatic carbocycles. The van der Waals surface area contributed by atoms with Crippen molar-refractivity contribution < 1.29 is 9.53 Å². The normalized spacial score (nSPS) is 11.3. The number of hydrogen-bond donors (Lipinski definition) is 0. The summed E-state index contributed by atoms with van der Waals surface area (Å²) in [5.41, 5.74) is 0. The minimum Gasteiger partial charge on any atom is -0.423 e. The van der Waals surface area contributed by atoms with Gasteiger partial charge in [-0.1, -0.05) is 153 Å². The van der Waals surface area contributed by atoms with E-state index in [-0.39, 0.29) is 5.97 Å². The topological polar surface area (TPSA) is 26.3 Å². The van der Waals surface area contributed by atoms with E-state index in [0.29, 0.717) is 5.75 Å². The first-order chi connectivity index (χ1) is 16.3. The van der Waals surface area contributed by atoms with E-state index in [1.54, 1.807) is 18.2 Å². The molecule has 0 saturated carbocycles. The van der Waals surface area contributed by atoms with Crippen molar-refractivity contribution in [2.24, 2.45) is 0 Å². The van der Waals surface area contributed by atoms with Crippen LogP contribution in [-0.4, -0.2) is 5.97 Å². The first-order valence-corrected chi connectivity index (χ1v) is 14.3. The van der Waals surface area contributed by atoms with E-state index in [1.807, 2.05) is 24.3 Å². The summed E-state index contributed by atoms with van der Waals surface area (Å²) < 4.78 is 5.24. The molecule has 0 heterocycles. The Hall–Kier alpha value is -1.57. The number of benzene rings is 1. The molecule has 0 N–H and O–H groups in total. The Morgan fingerprint density at radius 3 is 1.42 bits per heavy atom. The fraction of sp³-hybridized carbons (Fsp3) is 0.710. The summed E-state index contributed by atoms with van der Waals surface area (Å²) in [6, 6.07) is 9.24. The van der Waals surface area contributed by atoms with Crippen LogP contribution in [0.1, 0.15) is 142 Å². The number of hydrogen-bond acceptors (Lipinski definition) is 2. The largest absolute Gasteiger partial charge is 0.423 e. The second-order valence-electron chi connectivity index (χ2n) is 9.64. The highest BCUT2D eigenvalue weighted by Gasteiger charge is 1.99. The zero-order valence-corrected chi connectivity index (χ0v) is 21.7. The van der Waals surface area contributed by atoms with Gasteiger partial charge in [0.1, 0.15) is 5.75 Å². The van der Waals surface area contributed by atoms with Crippen molar-refractivity contribution in [1.82, 2.24) is 0 Å². The van der Waals surface area contributed by atoms with Crippen molar-refractivity contribution in [2.75, 3.05) is 0 Å². The summed E-state index contributed by atoms with van der Waals surface area (Å²) in [4.78, 5) is 11.7. The Labute approximate surface area is 205 Å². The number of carbonyl (C=O) groups is 1. The van der Waals surface area contributed by atoms with Gasteiger partial charge in [0.15, 0.2) is 0 Å². The molecule has 0 aliphatic carbocycles. The van der Waals surface area contributed by atoms with Crippen LogP contribution in [0, 0.1) is 0 Å². The van der Waals surface area contributed by atoms with Gasteiger partial charge in [0.2, 0.25) is 0 Å². The highest BCUT2D eigenvalue weighted by Crippen LogP contribution is 2.15. The standard InChI is InChI=1S/C31H52O2/c1-2-3-4-5-6-7-8-9-10-11-12-13-14-15-16-17-18-19-20-21-22-26-29-31(32)33-30-27-24-23-25-28-30/h23-29H,2-22H2,1H3/b29-26+. The smallest absolute Gasteiger partial charge is 0.335 e. The average molecular weight is 457 g/mol. The molecule has 0 radical (unpaired) electrons. The Kier molecular flexibility index (Phi) is 21.1. The fourth-order valence-corrected chi connectivity index (χ4v) is 4.34. The fourth-order valence-electron chi connectivity index (χ4n) is 4.34. The molecule has 0 fully saturated rings. The van der Waals surface area contributed by atoms with Crippen LogP contribution >= 0.6 is 0 Å². The molecular weight excluding hydrogens is 404 g/mol. The summed E-state index contributed by atoms with van der Waals surface area (Å²) in [5, 5.41) is 0. The third kappa shape index (κ3) is 20.7. The Morgan fingerprint density at radius 1 is 0.606 bits per heavy atom. The Balaban J connectivity index is 1.73. The van der Waals surface area contributed by atoms with E-state index in [0.717, 1.165) is 12.8 Å². The van der Waals surface area contributed by atoms with Gasteiger partial charge < -0.3 is 4.74 Å². The molecule has 0 aromatic heterocycles. The molecule has 0 unspecified atom stereocenters. The van der Waals surface area contributed by atoms with E-state index in [2.05, 4.69) is 6.92 Å². The molecule has 0 saturated heterocycles. The van der Waals surface area contributed by atoms with Gasteiger partial charge in [-0.25, -0.2) is 4.79 Å². The summed E-state index contributed by atoms with van der Waals surface area (Å²) in [6.45, 7) is 2.29. The quantitative estimate of drug-likeness (QED) is 0.0708. The van der Waals surface area contributed by atoms with E-state index in [9.17, 15) is 4.79 Å². The molecule has 0 aliphatic rings. The lowest BCUT2D eigenvalue weighted by atomic mass is 10.0. The predicted molar refractivity (Wildman–Crippen MR) is 144 cm³/mol. The van der Waals surface area contributed by atoms with Crippen molar-refractivity contribution in [3.63, 3.8) is 0 Å². The van der Waals surface area contributed by atoms with Crippen LogP contribution in [0.4, 0.5) is 0 Å². The molecule has 1 rings (SSSR count). The lowest BCUT2D eigenvalue weighted by Gasteiger charge is -2.04. The molecule has 2 heteroatoms. The molecule has 0 aliphatic heterocycles. The SMILES string of the molecule is CCCCCCCCCCCCCCCCCCCCCC/C=C/C(=O)Oc1ccccc1. The molecule has 188 valence electrons. The zero-order chi connectivity index (χ0) is 23.7. The van der Waals surface area contributed by atoms with Crippen LogP contribution in [0.5, 0.6) is 5.75 Å². The maximum Gasteiger partial charge on any atom is 0.335 e. The number of rotatable bonds is 23. The van der Waals surface area contributed by atoms with E-state index in [4.69, 9.17) is 4.74 Å². The summed E-state index contributed by atoms with van der Waals surface area (Å²) in [7, 11) is 0. The van der Waals surface area contributed by atoms with Crippen molar-refractivity contribution in [3.8, 4) is 5.75 Å². The zero-order valence-electron chi connectivity index (χ0n) is 21.7. The summed E-state index contributed by atoms with van der Waals surface area (Å²) in [5.74, 6) is 0.320. The lowest BCUT2D eigenvalue weighted by molar-refractivity contribution is -0.129. The molecule has 0 atom stereocenters. The van der Waals surface area contributed by atoms with Crippen LogP contribution < -0.4 is 4.74 Å². The van der Waals surface area contributed by atoms with E-state index in [1.165, 1.54) is 122 Å². The molecule has 33 heavy (non-hydrogen) atoms. The second-order valence-corrected chi connectivity index (χ2v) is 9.64. The van der Waals surface area contributed by atoms with Crippen molar-refractivity contribution in [3.05, 3.63) is 42.5 Å². The number of para-hydroxylation sites is 1. The van der Waals surface area contributed by atoms with Gasteiger partial charge in [0.25, 0.3) is 0 Å². The summed E-state index contributed by atoms with van der Waals surface area (Å²) >= 11 is 0. The molecule has 1 aromatic rings. The third-order valence-corrected chi connectivity index (χ3v) is 6.44. The minimum atomic E-state index is -0.283. The average Bonchev–Trinajstić information content (AvgIpc) is 2.83. The van der Waals surface area contributed by atoms with Gasteiger partial charge in [0.05, 0.1) is 0 Å². The monoisotopic (exact) mass is 456 g/mol. The highest BCUT2D eigenvalue weighted by molar-refractivity contribution is 5.83. The summed E-state index contributed by atoms with van der Waals surface area (Å²) in [6.07, 6.45) is 32.5. The molecule has 2 nitrogen and oxygen atoms in total. The minimum absolute atomic E-state index is 0.283. The van der Waals surface area contributed by atoms with Crippen LogP contribution in [0.3, 0.4) is 0 Å². The Morgan fingerprint density at radius 2 is 1.00 bits per heavy atom. The maximum absolute atomic E-state index is 11.7. The number of unbranched alkanes of at least 4 members (excludes halogenated alkanes) is 20. The van der Waals surface area contributed by atoms with Crippen molar-refractivity contribution in [1.29, 1.82) is 0 Å². The first kappa shape index (κ1) is 29.5. The number of esters is 1. The third-order valence-electron chi connectivity index (χ3n) is 6.44. The molecular formula is C31H52O2. The van der Waals surface area contributed by atoms with Gasteiger partial charge in [-0.3, -0.25) is 0 Å². The Bertz CT molecular complexity index is 564. The van der Waals surface area contributed by atoms with Gasteiger partial charge in [-0.05, 0) is 25.0 Å². The van der Waals surface area contributed by atoms with Gasteiger partial charge >= 0.3 is 5.97 Å². The number of carbonyl (C=O) groups excluding carboxylic acids is 1. The van der Waals surface area contributed by atoms with Gasteiger partial charge in [-0.15, -0.1) is 0 Å². The molecule has 0 spiro atoms. The number of allylic oxidation sites excluding steroid dienone is 1. The van der Waals surface area contributed by atoms with Crippen LogP contribution in [-0.2, 0) is 4.79 Å². The number of ether oxygens (including phenoxy) is 1. The highest BCUT2D eigenvalue weighted by atomic mass is 16.5. The molecule has 0 amide bonds.